The minimum Gasteiger partial charge on any atom is -0.353 e. The number of hydrogen-bond acceptors (Lipinski definition) is 6. The first kappa shape index (κ1) is 13.7. The van der Waals surface area contributed by atoms with Gasteiger partial charge in [0.05, 0.1) is 4.92 Å². The maximum Gasteiger partial charge on any atom is 0.332 e. The molecule has 112 valence electrons. The van der Waals surface area contributed by atoms with E-state index in [0.29, 0.717) is 5.56 Å². The molecule has 0 aliphatic rings. The number of nitro benzene ring substituents is 1. The Balaban J connectivity index is 2.31. The van der Waals surface area contributed by atoms with Gasteiger partial charge in [-0.1, -0.05) is 5.16 Å². The van der Waals surface area contributed by atoms with Crippen molar-refractivity contribution in [1.82, 2.24) is 14.3 Å². The lowest BCUT2D eigenvalue weighted by Gasteiger charge is -2.02. The molecule has 9 heteroatoms. The summed E-state index contributed by atoms with van der Waals surface area (Å²) in [5.74, 6) is 0.168. The molecule has 0 spiro atoms. The number of hydrogen-bond donors (Lipinski definition) is 0. The highest BCUT2D eigenvalue weighted by atomic mass is 16.6. The summed E-state index contributed by atoms with van der Waals surface area (Å²) >= 11 is 0. The zero-order chi connectivity index (χ0) is 16.0. The molecule has 0 amide bonds. The van der Waals surface area contributed by atoms with Crippen LogP contribution in [0.1, 0.15) is 0 Å². The summed E-state index contributed by atoms with van der Waals surface area (Å²) in [4.78, 5) is 34.3. The van der Waals surface area contributed by atoms with E-state index in [2.05, 4.69) is 5.16 Å². The molecule has 0 fully saturated rings. The van der Waals surface area contributed by atoms with E-state index in [-0.39, 0.29) is 22.5 Å². The van der Waals surface area contributed by atoms with Crippen LogP contribution in [0.25, 0.3) is 22.4 Å². The minimum absolute atomic E-state index is 0.0760. The van der Waals surface area contributed by atoms with Gasteiger partial charge in [-0.15, -0.1) is 0 Å². The largest absolute Gasteiger partial charge is 0.353 e. The molecule has 0 unspecified atom stereocenters. The van der Waals surface area contributed by atoms with Crippen LogP contribution in [0.15, 0.2) is 38.4 Å². The third kappa shape index (κ3) is 1.83. The van der Waals surface area contributed by atoms with Crippen LogP contribution in [0.4, 0.5) is 5.69 Å². The summed E-state index contributed by atoms with van der Waals surface area (Å²) < 4.78 is 7.34. The lowest BCUT2D eigenvalue weighted by atomic mass is 10.1. The molecule has 22 heavy (non-hydrogen) atoms. The molecule has 2 heterocycles. The second-order valence-electron chi connectivity index (χ2n) is 4.72. The van der Waals surface area contributed by atoms with Gasteiger partial charge in [0.1, 0.15) is 5.39 Å². The van der Waals surface area contributed by atoms with Gasteiger partial charge in [0.25, 0.3) is 11.2 Å². The molecule has 0 bridgehead atoms. The zero-order valence-electron chi connectivity index (χ0n) is 11.6. The number of aromatic nitrogens is 3. The highest BCUT2D eigenvalue weighted by Gasteiger charge is 2.19. The van der Waals surface area contributed by atoms with Crippen LogP contribution in [-0.2, 0) is 14.1 Å². The Kier molecular flexibility index (Phi) is 2.91. The Hall–Kier alpha value is -3.23. The lowest BCUT2D eigenvalue weighted by Crippen LogP contribution is -2.36. The summed E-state index contributed by atoms with van der Waals surface area (Å²) in [6, 6.07) is 5.53. The molecule has 0 saturated carbocycles. The van der Waals surface area contributed by atoms with Crippen molar-refractivity contribution in [1.29, 1.82) is 0 Å². The van der Waals surface area contributed by atoms with Crippen molar-refractivity contribution in [2.24, 2.45) is 14.1 Å². The maximum atomic E-state index is 12.3. The fourth-order valence-corrected chi connectivity index (χ4v) is 2.21. The van der Waals surface area contributed by atoms with Crippen LogP contribution in [0.3, 0.4) is 0 Å². The number of benzene rings is 1. The fourth-order valence-electron chi connectivity index (χ4n) is 2.21. The molecular weight excluding hydrogens is 292 g/mol. The summed E-state index contributed by atoms with van der Waals surface area (Å²) in [6.45, 7) is 0. The molecule has 1 aromatic carbocycles. The van der Waals surface area contributed by atoms with Gasteiger partial charge >= 0.3 is 5.69 Å². The van der Waals surface area contributed by atoms with E-state index in [1.54, 1.807) is 0 Å². The summed E-state index contributed by atoms with van der Waals surface area (Å²) in [6.07, 6.45) is 0. The molecule has 9 nitrogen and oxygen atoms in total. The van der Waals surface area contributed by atoms with Crippen molar-refractivity contribution in [3.63, 3.8) is 0 Å². The molecule has 0 radical (unpaired) electrons. The quantitative estimate of drug-likeness (QED) is 0.511. The number of nitro groups is 1. The molecule has 2 aromatic heterocycles. The average molecular weight is 302 g/mol. The molecule has 0 aliphatic carbocycles. The van der Waals surface area contributed by atoms with E-state index in [9.17, 15) is 19.7 Å². The van der Waals surface area contributed by atoms with E-state index in [4.69, 9.17) is 4.52 Å². The van der Waals surface area contributed by atoms with Gasteiger partial charge < -0.3 is 4.52 Å². The molecule has 3 aromatic rings. The molecule has 3 rings (SSSR count). The van der Waals surface area contributed by atoms with E-state index >= 15 is 0 Å². The zero-order valence-corrected chi connectivity index (χ0v) is 11.6. The highest BCUT2D eigenvalue weighted by molar-refractivity contribution is 5.88. The van der Waals surface area contributed by atoms with E-state index in [1.165, 1.54) is 42.9 Å². The van der Waals surface area contributed by atoms with Crippen LogP contribution in [0, 0.1) is 10.1 Å². The van der Waals surface area contributed by atoms with E-state index < -0.39 is 16.2 Å². The van der Waals surface area contributed by atoms with Crippen molar-refractivity contribution >= 4 is 16.7 Å². The van der Waals surface area contributed by atoms with Crippen LogP contribution in [0.2, 0.25) is 0 Å². The van der Waals surface area contributed by atoms with E-state index in [1.807, 2.05) is 0 Å². The van der Waals surface area contributed by atoms with Crippen LogP contribution in [0.5, 0.6) is 0 Å². The molecule has 0 aliphatic heterocycles. The smallest absolute Gasteiger partial charge is 0.332 e. The second-order valence-corrected chi connectivity index (χ2v) is 4.72. The van der Waals surface area contributed by atoms with Gasteiger partial charge in [0, 0.05) is 31.8 Å². The average Bonchev–Trinajstić information content (AvgIpc) is 2.96. The Bertz CT molecular complexity index is 1010. The van der Waals surface area contributed by atoms with Gasteiger partial charge in [-0.25, -0.2) is 4.79 Å². The van der Waals surface area contributed by atoms with Crippen LogP contribution in [-0.4, -0.2) is 19.2 Å². The SMILES string of the molecule is Cn1c(=O)c2c(-c3ccc([N+](=O)[O-])cc3)onc2n(C)c1=O. The predicted octanol–water partition coefficient (Wildman–Crippen LogP) is 0.800. The van der Waals surface area contributed by atoms with Gasteiger partial charge in [-0.3, -0.25) is 24.0 Å². The Morgan fingerprint density at radius 3 is 2.36 bits per heavy atom. The monoisotopic (exact) mass is 302 g/mol. The van der Waals surface area contributed by atoms with Crippen molar-refractivity contribution in [2.45, 2.75) is 0 Å². The first-order valence-corrected chi connectivity index (χ1v) is 6.22. The van der Waals surface area contributed by atoms with Crippen molar-refractivity contribution < 1.29 is 9.45 Å². The van der Waals surface area contributed by atoms with Gasteiger partial charge in [-0.2, -0.15) is 0 Å². The number of nitrogens with zero attached hydrogens (tertiary/aromatic N) is 4. The van der Waals surface area contributed by atoms with Crippen molar-refractivity contribution in [3.8, 4) is 11.3 Å². The Labute approximate surface area is 122 Å². The standard InChI is InChI=1S/C13H10N4O5/c1-15-11-9(12(18)16(2)13(15)19)10(22-14-11)7-3-5-8(6-4-7)17(20)21/h3-6H,1-2H3. The Morgan fingerprint density at radius 1 is 1.14 bits per heavy atom. The van der Waals surface area contributed by atoms with Gasteiger partial charge in [0.15, 0.2) is 11.4 Å². The Morgan fingerprint density at radius 2 is 1.77 bits per heavy atom. The molecule has 0 N–H and O–H groups in total. The fraction of sp³-hybridized carbons (Fsp3) is 0.154. The summed E-state index contributed by atoms with van der Waals surface area (Å²) in [5.41, 5.74) is -0.535. The van der Waals surface area contributed by atoms with Crippen LogP contribution >= 0.6 is 0 Å². The van der Waals surface area contributed by atoms with E-state index in [0.717, 1.165) is 4.57 Å². The maximum absolute atomic E-state index is 12.3. The van der Waals surface area contributed by atoms with Crippen LogP contribution < -0.4 is 11.2 Å². The number of rotatable bonds is 2. The lowest BCUT2D eigenvalue weighted by molar-refractivity contribution is -0.384. The predicted molar refractivity (Wildman–Crippen MR) is 76.6 cm³/mol. The topological polar surface area (TPSA) is 113 Å². The minimum atomic E-state index is -0.535. The number of non-ortho nitro benzene ring substituents is 1. The second kappa shape index (κ2) is 4.65. The molecule has 0 atom stereocenters. The third-order valence-electron chi connectivity index (χ3n) is 3.42. The normalized spacial score (nSPS) is 11.0. The highest BCUT2D eigenvalue weighted by Crippen LogP contribution is 2.27. The first-order valence-electron chi connectivity index (χ1n) is 6.22. The number of fused-ring (bicyclic) bond motifs is 1. The van der Waals surface area contributed by atoms with Gasteiger partial charge in [0.2, 0.25) is 0 Å². The summed E-state index contributed by atoms with van der Waals surface area (Å²) in [5, 5.41) is 14.6. The summed E-state index contributed by atoms with van der Waals surface area (Å²) in [7, 11) is 2.84. The molecule has 0 saturated heterocycles. The molecular formula is C13H10N4O5. The first-order chi connectivity index (χ1) is 10.4. The third-order valence-corrected chi connectivity index (χ3v) is 3.42. The number of aryl methyl sites for hydroxylation is 1. The van der Waals surface area contributed by atoms with Crippen molar-refractivity contribution in [2.75, 3.05) is 0 Å². The van der Waals surface area contributed by atoms with Crippen molar-refractivity contribution in [3.05, 3.63) is 55.2 Å². The van der Waals surface area contributed by atoms with Gasteiger partial charge in [-0.05, 0) is 12.1 Å².